The molecular weight excluding hydrogens is 422 g/mol. The fourth-order valence-electron chi connectivity index (χ4n) is 2.87. The van der Waals surface area contributed by atoms with E-state index in [0.29, 0.717) is 17.2 Å². The Kier molecular flexibility index (Phi) is 5.01. The van der Waals surface area contributed by atoms with Crippen LogP contribution in [-0.4, -0.2) is 15.9 Å². The largest absolute Gasteiger partial charge is 0.279 e. The normalized spacial score (nSPS) is 10.9. The van der Waals surface area contributed by atoms with Crippen LogP contribution >= 0.6 is 27.3 Å². The van der Waals surface area contributed by atoms with E-state index in [2.05, 4.69) is 20.9 Å². The van der Waals surface area contributed by atoms with Crippen molar-refractivity contribution >= 4 is 48.5 Å². The molecule has 0 radical (unpaired) electrons. The molecule has 0 bridgehead atoms. The molecule has 2 heterocycles. The second-order valence-corrected chi connectivity index (χ2v) is 8.11. The summed E-state index contributed by atoms with van der Waals surface area (Å²) in [5.41, 5.74) is 3.61. The van der Waals surface area contributed by atoms with Crippen LogP contribution in [0.15, 0.2) is 71.5 Å². The van der Waals surface area contributed by atoms with E-state index < -0.39 is 0 Å². The maximum Gasteiger partial charge on any atom is 0.261 e. The number of benzene rings is 2. The Hall–Kier alpha value is -2.57. The van der Waals surface area contributed by atoms with Crippen LogP contribution in [0.4, 0.5) is 5.13 Å². The lowest BCUT2D eigenvalue weighted by atomic mass is 10.2. The lowest BCUT2D eigenvalue weighted by molar-refractivity contribution is 0.0984. The molecule has 0 spiro atoms. The van der Waals surface area contributed by atoms with Crippen LogP contribution in [0.5, 0.6) is 0 Å². The molecule has 4 aromatic rings. The number of para-hydroxylation sites is 1. The van der Waals surface area contributed by atoms with Crippen LogP contribution in [0, 0.1) is 6.92 Å². The van der Waals surface area contributed by atoms with Crippen molar-refractivity contribution in [2.75, 3.05) is 4.90 Å². The van der Waals surface area contributed by atoms with Gasteiger partial charge < -0.3 is 0 Å². The number of anilines is 1. The minimum atomic E-state index is -0.121. The van der Waals surface area contributed by atoms with Gasteiger partial charge >= 0.3 is 0 Å². The van der Waals surface area contributed by atoms with Gasteiger partial charge in [-0.3, -0.25) is 14.7 Å². The molecule has 0 saturated heterocycles. The first-order valence-corrected chi connectivity index (χ1v) is 10.1. The van der Waals surface area contributed by atoms with Crippen molar-refractivity contribution in [1.29, 1.82) is 0 Å². The number of carbonyl (C=O) groups is 1. The number of hydrogen-bond acceptors (Lipinski definition) is 4. The van der Waals surface area contributed by atoms with E-state index in [9.17, 15) is 4.79 Å². The quantitative estimate of drug-likeness (QED) is 0.416. The second kappa shape index (κ2) is 7.58. The Morgan fingerprint density at radius 2 is 1.93 bits per heavy atom. The van der Waals surface area contributed by atoms with Crippen LogP contribution in [0.2, 0.25) is 0 Å². The van der Waals surface area contributed by atoms with E-state index in [1.165, 1.54) is 11.3 Å². The molecule has 1 amide bonds. The summed E-state index contributed by atoms with van der Waals surface area (Å²) in [6.45, 7) is 2.48. The molecular formula is C21H16BrN3OS. The first-order chi connectivity index (χ1) is 13.1. The van der Waals surface area contributed by atoms with Gasteiger partial charge in [0.1, 0.15) is 0 Å². The van der Waals surface area contributed by atoms with Crippen molar-refractivity contribution in [1.82, 2.24) is 9.97 Å². The third-order valence-electron chi connectivity index (χ3n) is 4.22. The number of rotatable bonds is 4. The summed E-state index contributed by atoms with van der Waals surface area (Å²) in [7, 11) is 0. The highest BCUT2D eigenvalue weighted by Gasteiger charge is 2.22. The maximum absolute atomic E-state index is 13.3. The summed E-state index contributed by atoms with van der Waals surface area (Å²) in [4.78, 5) is 23.9. The number of nitrogens with zero attached hydrogens (tertiary/aromatic N) is 3. The first kappa shape index (κ1) is 17.8. The summed E-state index contributed by atoms with van der Waals surface area (Å²) < 4.78 is 1.84. The zero-order chi connectivity index (χ0) is 18.8. The molecule has 0 N–H and O–H groups in total. The number of carbonyl (C=O) groups excluding carboxylic acids is 1. The van der Waals surface area contributed by atoms with Gasteiger partial charge in [-0.2, -0.15) is 0 Å². The molecule has 0 unspecified atom stereocenters. The van der Waals surface area contributed by atoms with Crippen molar-refractivity contribution in [3.05, 3.63) is 88.2 Å². The number of amides is 1. The number of aromatic nitrogens is 2. The molecule has 0 aliphatic rings. The molecule has 6 heteroatoms. The minimum absolute atomic E-state index is 0.121. The Morgan fingerprint density at radius 3 is 2.67 bits per heavy atom. The number of thiazole rings is 1. The van der Waals surface area contributed by atoms with E-state index in [1.807, 2.05) is 55.5 Å². The predicted molar refractivity (Wildman–Crippen MR) is 113 cm³/mol. The Balaban J connectivity index is 1.79. The van der Waals surface area contributed by atoms with Crippen molar-refractivity contribution < 1.29 is 4.79 Å². The molecule has 0 fully saturated rings. The monoisotopic (exact) mass is 437 g/mol. The lowest BCUT2D eigenvalue weighted by Gasteiger charge is -2.20. The van der Waals surface area contributed by atoms with Gasteiger partial charge in [0, 0.05) is 16.9 Å². The maximum atomic E-state index is 13.3. The van der Waals surface area contributed by atoms with E-state index in [0.717, 1.165) is 25.8 Å². The van der Waals surface area contributed by atoms with Gasteiger partial charge in [-0.15, -0.1) is 0 Å². The highest BCUT2D eigenvalue weighted by Crippen LogP contribution is 2.32. The Morgan fingerprint density at radius 1 is 1.11 bits per heavy atom. The SMILES string of the molecule is Cc1cccc2sc(N(Cc3ccccc3)C(=O)c3cncc(Br)c3)nc12. The zero-order valence-corrected chi connectivity index (χ0v) is 17.0. The van der Waals surface area contributed by atoms with Crippen molar-refractivity contribution in [3.63, 3.8) is 0 Å². The second-order valence-electron chi connectivity index (χ2n) is 6.19. The molecule has 4 nitrogen and oxygen atoms in total. The summed E-state index contributed by atoms with van der Waals surface area (Å²) in [6, 6.07) is 17.8. The molecule has 0 saturated carbocycles. The first-order valence-electron chi connectivity index (χ1n) is 8.44. The third-order valence-corrected chi connectivity index (χ3v) is 5.70. The Bertz CT molecular complexity index is 1110. The lowest BCUT2D eigenvalue weighted by Crippen LogP contribution is -2.30. The highest BCUT2D eigenvalue weighted by atomic mass is 79.9. The molecule has 0 atom stereocenters. The van der Waals surface area contributed by atoms with Crippen LogP contribution in [0.3, 0.4) is 0 Å². The van der Waals surface area contributed by atoms with Gasteiger partial charge in [-0.05, 0) is 46.1 Å². The van der Waals surface area contributed by atoms with Gasteiger partial charge in [-0.1, -0.05) is 53.8 Å². The number of pyridine rings is 1. The number of fused-ring (bicyclic) bond motifs is 1. The van der Waals surface area contributed by atoms with Crippen molar-refractivity contribution in [3.8, 4) is 0 Å². The van der Waals surface area contributed by atoms with E-state index in [1.54, 1.807) is 23.4 Å². The summed E-state index contributed by atoms with van der Waals surface area (Å²) in [6.07, 6.45) is 3.25. The van der Waals surface area contributed by atoms with Crippen LogP contribution in [0.1, 0.15) is 21.5 Å². The van der Waals surface area contributed by atoms with Crippen molar-refractivity contribution in [2.45, 2.75) is 13.5 Å². The fraction of sp³-hybridized carbons (Fsp3) is 0.0952. The molecule has 0 aliphatic carbocycles. The topological polar surface area (TPSA) is 46.1 Å². The molecule has 27 heavy (non-hydrogen) atoms. The van der Waals surface area contributed by atoms with Gasteiger partial charge in [-0.25, -0.2) is 4.98 Å². The number of halogens is 1. The van der Waals surface area contributed by atoms with Gasteiger partial charge in [0.2, 0.25) is 0 Å². The zero-order valence-electron chi connectivity index (χ0n) is 14.6. The van der Waals surface area contributed by atoms with Gasteiger partial charge in [0.05, 0.1) is 22.3 Å². The summed E-state index contributed by atoms with van der Waals surface area (Å²) >= 11 is 4.92. The summed E-state index contributed by atoms with van der Waals surface area (Å²) in [5, 5.41) is 0.688. The van der Waals surface area contributed by atoms with E-state index in [-0.39, 0.29) is 5.91 Å². The average molecular weight is 438 g/mol. The highest BCUT2D eigenvalue weighted by molar-refractivity contribution is 9.10. The van der Waals surface area contributed by atoms with E-state index >= 15 is 0 Å². The molecule has 4 rings (SSSR count). The average Bonchev–Trinajstić information content (AvgIpc) is 3.12. The number of aryl methyl sites for hydroxylation is 1. The predicted octanol–water partition coefficient (Wildman–Crippen LogP) is 5.61. The van der Waals surface area contributed by atoms with Gasteiger partial charge in [0.25, 0.3) is 5.91 Å². The molecule has 0 aliphatic heterocycles. The van der Waals surface area contributed by atoms with Crippen LogP contribution in [0.25, 0.3) is 10.2 Å². The van der Waals surface area contributed by atoms with Gasteiger partial charge in [0.15, 0.2) is 5.13 Å². The molecule has 2 aromatic carbocycles. The van der Waals surface area contributed by atoms with Crippen LogP contribution < -0.4 is 4.90 Å². The molecule has 134 valence electrons. The third kappa shape index (κ3) is 3.77. The number of hydrogen-bond donors (Lipinski definition) is 0. The fourth-order valence-corrected chi connectivity index (χ4v) is 4.27. The smallest absolute Gasteiger partial charge is 0.261 e. The Labute approximate surface area is 169 Å². The summed E-state index contributed by atoms with van der Waals surface area (Å²) in [5.74, 6) is -0.121. The van der Waals surface area contributed by atoms with Crippen LogP contribution in [-0.2, 0) is 6.54 Å². The molecule has 2 aromatic heterocycles. The standard InChI is InChI=1S/C21H16BrN3OS/c1-14-6-5-9-18-19(14)24-21(27-18)25(13-15-7-3-2-4-8-15)20(26)16-10-17(22)12-23-11-16/h2-12H,13H2,1H3. The minimum Gasteiger partial charge on any atom is -0.279 e. The van der Waals surface area contributed by atoms with E-state index in [4.69, 9.17) is 4.98 Å². The van der Waals surface area contributed by atoms with Crippen molar-refractivity contribution in [2.24, 2.45) is 0 Å².